The number of aryl methyl sites for hydroxylation is 1. The highest BCUT2D eigenvalue weighted by atomic mass is 16.5. The summed E-state index contributed by atoms with van der Waals surface area (Å²) >= 11 is 0. The van der Waals surface area contributed by atoms with E-state index in [0.717, 1.165) is 22.6 Å². The maximum atomic E-state index is 12.3. The molecule has 0 bridgehead atoms. The first-order valence-corrected chi connectivity index (χ1v) is 9.61. The molecule has 0 aromatic heterocycles. The largest absolute Gasteiger partial charge is 0.483 e. The molecule has 0 aliphatic carbocycles. The summed E-state index contributed by atoms with van der Waals surface area (Å²) in [6.07, 6.45) is 0. The zero-order chi connectivity index (χ0) is 20.6. The summed E-state index contributed by atoms with van der Waals surface area (Å²) < 4.78 is 5.78. The van der Waals surface area contributed by atoms with Crippen LogP contribution in [0.4, 0.5) is 17.1 Å². The van der Waals surface area contributed by atoms with Gasteiger partial charge in [-0.3, -0.25) is 4.79 Å². The molecule has 0 radical (unpaired) electrons. The SMILES string of the molecule is Cc1ccc(C(C)C)c(OCC(=O)Nc2ccc(N=Nc3ccccc3)cc2)c1. The van der Waals surface area contributed by atoms with Gasteiger partial charge in [0, 0.05) is 5.69 Å². The predicted molar refractivity (Wildman–Crippen MR) is 116 cm³/mol. The third kappa shape index (κ3) is 6.01. The first-order valence-electron chi connectivity index (χ1n) is 9.61. The van der Waals surface area contributed by atoms with Crippen molar-refractivity contribution >= 4 is 23.0 Å². The number of nitrogens with one attached hydrogen (secondary N) is 1. The molecule has 0 fully saturated rings. The van der Waals surface area contributed by atoms with E-state index in [2.05, 4.69) is 41.5 Å². The molecule has 29 heavy (non-hydrogen) atoms. The van der Waals surface area contributed by atoms with E-state index in [4.69, 9.17) is 4.74 Å². The Hall–Kier alpha value is -3.47. The first kappa shape index (κ1) is 20.3. The third-order valence-electron chi connectivity index (χ3n) is 4.34. The number of azo groups is 1. The number of hydrogen-bond acceptors (Lipinski definition) is 4. The van der Waals surface area contributed by atoms with Crippen molar-refractivity contribution in [1.82, 2.24) is 0 Å². The minimum absolute atomic E-state index is 0.0430. The van der Waals surface area contributed by atoms with Crippen molar-refractivity contribution in [3.63, 3.8) is 0 Å². The Morgan fingerprint density at radius 1 is 0.931 bits per heavy atom. The molecule has 0 saturated heterocycles. The van der Waals surface area contributed by atoms with Crippen LogP contribution < -0.4 is 10.1 Å². The number of rotatable bonds is 7. The molecular weight excluding hydrogens is 362 g/mol. The molecule has 5 nitrogen and oxygen atoms in total. The molecule has 0 spiro atoms. The van der Waals surface area contributed by atoms with Gasteiger partial charge in [-0.1, -0.05) is 44.2 Å². The van der Waals surface area contributed by atoms with E-state index in [-0.39, 0.29) is 12.5 Å². The Balaban J connectivity index is 1.56. The lowest BCUT2D eigenvalue weighted by atomic mass is 10.0. The molecule has 3 aromatic carbocycles. The van der Waals surface area contributed by atoms with Crippen LogP contribution >= 0.6 is 0 Å². The van der Waals surface area contributed by atoms with Crippen molar-refractivity contribution < 1.29 is 9.53 Å². The topological polar surface area (TPSA) is 63.0 Å². The minimum Gasteiger partial charge on any atom is -0.483 e. The second-order valence-electron chi connectivity index (χ2n) is 7.12. The average Bonchev–Trinajstić information content (AvgIpc) is 2.72. The van der Waals surface area contributed by atoms with Gasteiger partial charge in [0.1, 0.15) is 5.75 Å². The lowest BCUT2D eigenvalue weighted by molar-refractivity contribution is -0.118. The molecule has 0 heterocycles. The van der Waals surface area contributed by atoms with Crippen molar-refractivity contribution in [3.05, 3.63) is 83.9 Å². The zero-order valence-corrected chi connectivity index (χ0v) is 16.9. The highest BCUT2D eigenvalue weighted by Crippen LogP contribution is 2.27. The number of carbonyl (C=O) groups excluding carboxylic acids is 1. The molecule has 0 aliphatic rings. The predicted octanol–water partition coefficient (Wildman–Crippen LogP) is 6.55. The Kier molecular flexibility index (Phi) is 6.74. The van der Waals surface area contributed by atoms with E-state index >= 15 is 0 Å². The first-order chi connectivity index (χ1) is 14.0. The Morgan fingerprint density at radius 3 is 2.24 bits per heavy atom. The van der Waals surface area contributed by atoms with Gasteiger partial charge in [0.2, 0.25) is 0 Å². The van der Waals surface area contributed by atoms with E-state index in [1.165, 1.54) is 0 Å². The van der Waals surface area contributed by atoms with E-state index in [1.807, 2.05) is 43.3 Å². The van der Waals surface area contributed by atoms with Crippen LogP contribution in [0.5, 0.6) is 5.75 Å². The Morgan fingerprint density at radius 2 is 1.59 bits per heavy atom. The molecule has 0 saturated carbocycles. The summed E-state index contributed by atoms with van der Waals surface area (Å²) in [5.74, 6) is 0.873. The second kappa shape index (κ2) is 9.64. The quantitative estimate of drug-likeness (QED) is 0.467. The number of amides is 1. The number of nitrogens with zero attached hydrogens (tertiary/aromatic N) is 2. The monoisotopic (exact) mass is 387 g/mol. The minimum atomic E-state index is -0.208. The van der Waals surface area contributed by atoms with E-state index in [9.17, 15) is 4.79 Å². The van der Waals surface area contributed by atoms with Crippen LogP contribution in [0.1, 0.15) is 30.9 Å². The van der Waals surface area contributed by atoms with E-state index in [0.29, 0.717) is 17.3 Å². The third-order valence-corrected chi connectivity index (χ3v) is 4.34. The second-order valence-corrected chi connectivity index (χ2v) is 7.12. The molecule has 1 amide bonds. The average molecular weight is 387 g/mol. The van der Waals surface area contributed by atoms with Gasteiger partial charge in [-0.25, -0.2) is 0 Å². The fourth-order valence-corrected chi connectivity index (χ4v) is 2.81. The number of carbonyl (C=O) groups is 1. The molecule has 3 aromatic rings. The molecule has 5 heteroatoms. The molecule has 3 rings (SSSR count). The van der Waals surface area contributed by atoms with Gasteiger partial charge in [0.25, 0.3) is 5.91 Å². The van der Waals surface area contributed by atoms with Crippen LogP contribution in [0.25, 0.3) is 0 Å². The van der Waals surface area contributed by atoms with E-state index < -0.39 is 0 Å². The van der Waals surface area contributed by atoms with E-state index in [1.54, 1.807) is 24.3 Å². The summed E-state index contributed by atoms with van der Waals surface area (Å²) in [4.78, 5) is 12.3. The summed E-state index contributed by atoms with van der Waals surface area (Å²) in [6.45, 7) is 6.18. The van der Waals surface area contributed by atoms with Gasteiger partial charge in [-0.05, 0) is 66.4 Å². The Bertz CT molecular complexity index is 981. The van der Waals surface area contributed by atoms with Gasteiger partial charge >= 0.3 is 0 Å². The standard InChI is InChI=1S/C24H25N3O2/c1-17(2)22-14-9-18(3)15-23(22)29-16-24(28)25-19-10-12-21(13-11-19)27-26-20-7-5-4-6-8-20/h4-15,17H,16H2,1-3H3,(H,25,28). The van der Waals surface area contributed by atoms with Crippen LogP contribution in [0.2, 0.25) is 0 Å². The van der Waals surface area contributed by atoms with Crippen LogP contribution in [0.15, 0.2) is 83.0 Å². The molecular formula is C24H25N3O2. The fourth-order valence-electron chi connectivity index (χ4n) is 2.81. The lowest BCUT2D eigenvalue weighted by Gasteiger charge is -2.14. The van der Waals surface area contributed by atoms with Gasteiger partial charge in [-0.15, -0.1) is 0 Å². The fraction of sp³-hybridized carbons (Fsp3) is 0.208. The number of ether oxygens (including phenoxy) is 1. The highest BCUT2D eigenvalue weighted by Gasteiger charge is 2.10. The maximum Gasteiger partial charge on any atom is 0.262 e. The summed E-state index contributed by atoms with van der Waals surface area (Å²) in [7, 11) is 0. The summed E-state index contributed by atoms with van der Waals surface area (Å²) in [5.41, 5.74) is 4.38. The van der Waals surface area contributed by atoms with Crippen LogP contribution in [-0.4, -0.2) is 12.5 Å². The van der Waals surface area contributed by atoms with Crippen LogP contribution in [0.3, 0.4) is 0 Å². The van der Waals surface area contributed by atoms with Gasteiger partial charge < -0.3 is 10.1 Å². The molecule has 148 valence electrons. The zero-order valence-electron chi connectivity index (χ0n) is 16.9. The molecule has 1 N–H and O–H groups in total. The highest BCUT2D eigenvalue weighted by molar-refractivity contribution is 5.92. The smallest absolute Gasteiger partial charge is 0.262 e. The molecule has 0 atom stereocenters. The van der Waals surface area contributed by atoms with Crippen LogP contribution in [0, 0.1) is 6.92 Å². The van der Waals surface area contributed by atoms with Crippen molar-refractivity contribution in [1.29, 1.82) is 0 Å². The van der Waals surface area contributed by atoms with Crippen molar-refractivity contribution in [2.24, 2.45) is 10.2 Å². The van der Waals surface area contributed by atoms with Crippen LogP contribution in [-0.2, 0) is 4.79 Å². The van der Waals surface area contributed by atoms with Gasteiger partial charge in [0.05, 0.1) is 11.4 Å². The van der Waals surface area contributed by atoms with Crippen molar-refractivity contribution in [2.45, 2.75) is 26.7 Å². The lowest BCUT2D eigenvalue weighted by Crippen LogP contribution is -2.20. The van der Waals surface area contributed by atoms with Gasteiger partial charge in [-0.2, -0.15) is 10.2 Å². The van der Waals surface area contributed by atoms with Gasteiger partial charge in [0.15, 0.2) is 6.61 Å². The van der Waals surface area contributed by atoms with Crippen molar-refractivity contribution in [2.75, 3.05) is 11.9 Å². The number of anilines is 1. The summed E-state index contributed by atoms with van der Waals surface area (Å²) in [5, 5.41) is 11.2. The summed E-state index contributed by atoms with van der Waals surface area (Å²) in [6, 6.07) is 22.8. The number of benzene rings is 3. The maximum absolute atomic E-state index is 12.3. The number of hydrogen-bond donors (Lipinski definition) is 1. The molecule has 0 aliphatic heterocycles. The Labute approximate surface area is 171 Å². The normalized spacial score (nSPS) is 11.0. The van der Waals surface area contributed by atoms with Crippen molar-refractivity contribution in [3.8, 4) is 5.75 Å². The molecule has 0 unspecified atom stereocenters.